The van der Waals surface area contributed by atoms with Crippen molar-refractivity contribution >= 4 is 17.5 Å². The molecule has 1 aromatic rings. The summed E-state index contributed by atoms with van der Waals surface area (Å²) in [4.78, 5) is 38.8. The number of nitro groups is 1. The van der Waals surface area contributed by atoms with Crippen LogP contribution in [0.15, 0.2) is 24.3 Å². The first-order valence-corrected chi connectivity index (χ1v) is 8.60. The number of amides is 2. The van der Waals surface area contributed by atoms with Gasteiger partial charge in [-0.2, -0.15) is 0 Å². The number of non-ortho nitro benzene ring substituents is 1. The lowest BCUT2D eigenvalue weighted by Gasteiger charge is -2.40. The number of nitro benzene ring substituents is 1. The number of hydrogen-bond acceptors (Lipinski definition) is 6. The molecule has 2 fully saturated rings. The first kappa shape index (κ1) is 18.3. The van der Waals surface area contributed by atoms with Crippen LogP contribution in [0.3, 0.4) is 0 Å². The van der Waals surface area contributed by atoms with Crippen molar-refractivity contribution in [2.45, 2.75) is 18.4 Å². The summed E-state index contributed by atoms with van der Waals surface area (Å²) in [7, 11) is 0. The van der Waals surface area contributed by atoms with Crippen molar-refractivity contribution in [1.82, 2.24) is 9.80 Å². The second kappa shape index (κ2) is 7.38. The molecule has 0 unspecified atom stereocenters. The molecule has 0 aliphatic carbocycles. The van der Waals surface area contributed by atoms with Gasteiger partial charge in [-0.1, -0.05) is 0 Å². The molecule has 3 rings (SSSR count). The molecule has 1 aromatic carbocycles. The third kappa shape index (κ3) is 3.68. The standard InChI is InChI=1S/C17H22N4O5/c18-17(5-11-26-12-6-17)16(23)20-9-7-19(8-10-20)15(22)13-1-3-14(4-2-13)21(24)25/h1-4H,5-12,18H2. The van der Waals surface area contributed by atoms with Gasteiger partial charge in [0, 0.05) is 57.1 Å². The van der Waals surface area contributed by atoms with Gasteiger partial charge in [-0.25, -0.2) is 0 Å². The summed E-state index contributed by atoms with van der Waals surface area (Å²) in [5.74, 6) is -0.274. The summed E-state index contributed by atoms with van der Waals surface area (Å²) >= 11 is 0. The lowest BCUT2D eigenvalue weighted by atomic mass is 9.89. The Hall–Kier alpha value is -2.52. The number of piperazine rings is 1. The summed E-state index contributed by atoms with van der Waals surface area (Å²) in [6.07, 6.45) is 1.02. The van der Waals surface area contributed by atoms with E-state index in [1.807, 2.05) is 0 Å². The minimum Gasteiger partial charge on any atom is -0.381 e. The predicted octanol–water partition coefficient (Wildman–Crippen LogP) is 0.387. The first-order valence-electron chi connectivity index (χ1n) is 8.60. The highest BCUT2D eigenvalue weighted by atomic mass is 16.6. The van der Waals surface area contributed by atoms with Crippen molar-refractivity contribution in [3.63, 3.8) is 0 Å². The molecule has 2 heterocycles. The Labute approximate surface area is 150 Å². The third-order valence-electron chi connectivity index (χ3n) is 4.99. The fourth-order valence-corrected chi connectivity index (χ4v) is 3.29. The molecule has 9 heteroatoms. The zero-order valence-corrected chi connectivity index (χ0v) is 14.4. The van der Waals surface area contributed by atoms with Crippen molar-refractivity contribution in [3.8, 4) is 0 Å². The normalized spacial score (nSPS) is 19.9. The fraction of sp³-hybridized carbons (Fsp3) is 0.529. The van der Waals surface area contributed by atoms with Crippen LogP contribution in [0.5, 0.6) is 0 Å². The molecule has 0 radical (unpaired) electrons. The number of carbonyl (C=O) groups excluding carboxylic acids is 2. The van der Waals surface area contributed by atoms with E-state index in [2.05, 4.69) is 0 Å². The number of ether oxygens (including phenoxy) is 1. The lowest BCUT2D eigenvalue weighted by Crippen LogP contribution is -2.61. The number of benzene rings is 1. The number of nitrogens with zero attached hydrogens (tertiary/aromatic N) is 3. The van der Waals surface area contributed by atoms with Gasteiger partial charge >= 0.3 is 0 Å². The maximum atomic E-state index is 12.7. The van der Waals surface area contributed by atoms with Crippen LogP contribution in [0, 0.1) is 10.1 Å². The molecular formula is C17H22N4O5. The molecule has 2 aliphatic rings. The smallest absolute Gasteiger partial charge is 0.269 e. The van der Waals surface area contributed by atoms with Crippen LogP contribution < -0.4 is 5.73 Å². The summed E-state index contributed by atoms with van der Waals surface area (Å²) in [5, 5.41) is 10.7. The van der Waals surface area contributed by atoms with E-state index in [1.165, 1.54) is 24.3 Å². The number of carbonyl (C=O) groups is 2. The van der Waals surface area contributed by atoms with Crippen LogP contribution in [0.4, 0.5) is 5.69 Å². The molecule has 2 amide bonds. The molecule has 0 saturated carbocycles. The maximum Gasteiger partial charge on any atom is 0.269 e. The third-order valence-corrected chi connectivity index (χ3v) is 4.99. The largest absolute Gasteiger partial charge is 0.381 e. The van der Waals surface area contributed by atoms with E-state index in [4.69, 9.17) is 10.5 Å². The van der Waals surface area contributed by atoms with E-state index < -0.39 is 10.5 Å². The van der Waals surface area contributed by atoms with Gasteiger partial charge in [-0.15, -0.1) is 0 Å². The van der Waals surface area contributed by atoms with Gasteiger partial charge in [-0.3, -0.25) is 19.7 Å². The molecule has 2 aliphatic heterocycles. The molecule has 26 heavy (non-hydrogen) atoms. The number of hydrogen-bond donors (Lipinski definition) is 1. The van der Waals surface area contributed by atoms with Gasteiger partial charge in [0.05, 0.1) is 10.5 Å². The van der Waals surface area contributed by atoms with E-state index >= 15 is 0 Å². The van der Waals surface area contributed by atoms with Gasteiger partial charge in [0.25, 0.3) is 11.6 Å². The Kier molecular flexibility index (Phi) is 5.19. The van der Waals surface area contributed by atoms with Gasteiger partial charge in [0.1, 0.15) is 0 Å². The average molecular weight is 362 g/mol. The zero-order chi connectivity index (χ0) is 18.7. The van der Waals surface area contributed by atoms with E-state index in [0.29, 0.717) is 57.8 Å². The van der Waals surface area contributed by atoms with Crippen LogP contribution in [0.2, 0.25) is 0 Å². The van der Waals surface area contributed by atoms with Crippen molar-refractivity contribution in [2.75, 3.05) is 39.4 Å². The summed E-state index contributed by atoms with van der Waals surface area (Å²) in [6, 6.07) is 5.54. The van der Waals surface area contributed by atoms with Crippen molar-refractivity contribution in [1.29, 1.82) is 0 Å². The second-order valence-corrected chi connectivity index (χ2v) is 6.66. The minimum atomic E-state index is -0.872. The second-order valence-electron chi connectivity index (χ2n) is 6.66. The Bertz CT molecular complexity index is 692. The minimum absolute atomic E-state index is 0.0540. The van der Waals surface area contributed by atoms with E-state index in [-0.39, 0.29) is 17.5 Å². The summed E-state index contributed by atoms with van der Waals surface area (Å²) < 4.78 is 5.28. The quantitative estimate of drug-likeness (QED) is 0.613. The van der Waals surface area contributed by atoms with Crippen LogP contribution in [-0.2, 0) is 9.53 Å². The predicted molar refractivity (Wildman–Crippen MR) is 92.6 cm³/mol. The first-order chi connectivity index (χ1) is 12.4. The summed E-state index contributed by atoms with van der Waals surface area (Å²) in [5.41, 5.74) is 5.72. The molecule has 0 aromatic heterocycles. The van der Waals surface area contributed by atoms with Gasteiger partial charge < -0.3 is 20.3 Å². The number of rotatable bonds is 3. The molecule has 2 saturated heterocycles. The van der Waals surface area contributed by atoms with E-state index in [1.54, 1.807) is 9.80 Å². The Balaban J connectivity index is 1.58. The monoisotopic (exact) mass is 362 g/mol. The Morgan fingerprint density at radius 3 is 2.12 bits per heavy atom. The van der Waals surface area contributed by atoms with Crippen molar-refractivity contribution in [2.24, 2.45) is 5.73 Å². The highest BCUT2D eigenvalue weighted by molar-refractivity contribution is 5.94. The van der Waals surface area contributed by atoms with E-state index in [0.717, 1.165) is 0 Å². The van der Waals surface area contributed by atoms with E-state index in [9.17, 15) is 19.7 Å². The van der Waals surface area contributed by atoms with Gasteiger partial charge in [0.2, 0.25) is 5.91 Å². The van der Waals surface area contributed by atoms with Crippen LogP contribution in [0.1, 0.15) is 23.2 Å². The highest BCUT2D eigenvalue weighted by Gasteiger charge is 2.40. The maximum absolute atomic E-state index is 12.7. The Morgan fingerprint density at radius 1 is 1.04 bits per heavy atom. The molecule has 9 nitrogen and oxygen atoms in total. The number of nitrogens with two attached hydrogens (primary N) is 1. The van der Waals surface area contributed by atoms with Gasteiger partial charge in [0.15, 0.2) is 0 Å². The SMILES string of the molecule is NC1(C(=O)N2CCN(C(=O)c3ccc([N+](=O)[O-])cc3)CC2)CCOCC1. The highest BCUT2D eigenvalue weighted by Crippen LogP contribution is 2.22. The van der Waals surface area contributed by atoms with Crippen molar-refractivity contribution < 1.29 is 19.2 Å². The average Bonchev–Trinajstić information content (AvgIpc) is 2.67. The van der Waals surface area contributed by atoms with Crippen LogP contribution in [-0.4, -0.2) is 71.5 Å². The van der Waals surface area contributed by atoms with Crippen molar-refractivity contribution in [3.05, 3.63) is 39.9 Å². The molecule has 140 valence electrons. The van der Waals surface area contributed by atoms with Crippen LogP contribution >= 0.6 is 0 Å². The lowest BCUT2D eigenvalue weighted by molar-refractivity contribution is -0.384. The van der Waals surface area contributed by atoms with Gasteiger partial charge in [-0.05, 0) is 25.0 Å². The molecule has 2 N–H and O–H groups in total. The zero-order valence-electron chi connectivity index (χ0n) is 14.4. The summed E-state index contributed by atoms with van der Waals surface area (Å²) in [6.45, 7) is 2.65. The fourth-order valence-electron chi connectivity index (χ4n) is 3.29. The molecular weight excluding hydrogens is 340 g/mol. The molecule has 0 atom stereocenters. The van der Waals surface area contributed by atoms with Crippen LogP contribution in [0.25, 0.3) is 0 Å². The topological polar surface area (TPSA) is 119 Å². The Morgan fingerprint density at radius 2 is 1.58 bits per heavy atom. The molecule has 0 bridgehead atoms. The molecule has 0 spiro atoms.